The van der Waals surface area contributed by atoms with E-state index in [9.17, 15) is 8.42 Å². The van der Waals surface area contributed by atoms with Crippen LogP contribution in [0.2, 0.25) is 0 Å². The molecule has 0 aliphatic heterocycles. The van der Waals surface area contributed by atoms with Crippen LogP contribution in [0.3, 0.4) is 0 Å². The van der Waals surface area contributed by atoms with Gasteiger partial charge in [-0.05, 0) is 17.7 Å². The zero-order chi connectivity index (χ0) is 12.9. The molecular weight excluding hydrogens is 262 g/mol. The fraction of sp³-hybridized carbons (Fsp3) is 0.455. The van der Waals surface area contributed by atoms with E-state index in [-0.39, 0.29) is 4.90 Å². The predicted molar refractivity (Wildman–Crippen MR) is 67.7 cm³/mol. The van der Waals surface area contributed by atoms with Gasteiger partial charge in [-0.1, -0.05) is 12.1 Å². The van der Waals surface area contributed by atoms with Crippen molar-refractivity contribution < 1.29 is 13.2 Å². The average molecular weight is 278 g/mol. The quantitative estimate of drug-likeness (QED) is 0.744. The molecule has 17 heavy (non-hydrogen) atoms. The lowest BCUT2D eigenvalue weighted by atomic mass is 10.2. The Morgan fingerprint density at radius 1 is 1.29 bits per heavy atom. The number of alkyl halides is 1. The average Bonchev–Trinajstić information content (AvgIpc) is 2.35. The maximum absolute atomic E-state index is 12.1. The van der Waals surface area contributed by atoms with Crippen LogP contribution in [0.4, 0.5) is 0 Å². The van der Waals surface area contributed by atoms with E-state index in [2.05, 4.69) is 0 Å². The summed E-state index contributed by atoms with van der Waals surface area (Å²) in [5.74, 6) is 0.375. The van der Waals surface area contributed by atoms with E-state index < -0.39 is 10.0 Å². The number of ether oxygens (including phenoxy) is 1. The van der Waals surface area contributed by atoms with Crippen LogP contribution < -0.4 is 0 Å². The monoisotopic (exact) mass is 277 g/mol. The number of likely N-dealkylation sites (N-methyl/N-ethyl adjacent to an activating group) is 1. The third-order valence-corrected chi connectivity index (χ3v) is 4.58. The number of hydrogen-bond donors (Lipinski definition) is 0. The van der Waals surface area contributed by atoms with Gasteiger partial charge in [-0.2, -0.15) is 4.31 Å². The molecular formula is C11H16ClNO3S. The molecule has 0 fully saturated rings. The molecule has 0 saturated heterocycles. The Labute approximate surface area is 107 Å². The van der Waals surface area contributed by atoms with Crippen LogP contribution in [0.1, 0.15) is 5.56 Å². The minimum absolute atomic E-state index is 0.268. The van der Waals surface area contributed by atoms with Crippen LogP contribution in [0, 0.1) is 0 Å². The van der Waals surface area contributed by atoms with Crippen LogP contribution in [0.15, 0.2) is 29.2 Å². The van der Waals surface area contributed by atoms with Crippen LogP contribution in [0.5, 0.6) is 0 Å². The first-order chi connectivity index (χ1) is 8.02. The van der Waals surface area contributed by atoms with E-state index in [0.717, 1.165) is 5.56 Å². The number of halogens is 1. The maximum atomic E-state index is 12.1. The first kappa shape index (κ1) is 14.4. The van der Waals surface area contributed by atoms with Crippen LogP contribution in [-0.4, -0.2) is 40.0 Å². The van der Waals surface area contributed by atoms with Crippen molar-refractivity contribution in [1.82, 2.24) is 4.31 Å². The molecule has 0 aliphatic rings. The molecule has 1 rings (SSSR count). The molecule has 0 amide bonds. The van der Waals surface area contributed by atoms with Crippen molar-refractivity contribution in [2.24, 2.45) is 0 Å². The second kappa shape index (κ2) is 6.35. The highest BCUT2D eigenvalue weighted by atomic mass is 35.5. The summed E-state index contributed by atoms with van der Waals surface area (Å²) >= 11 is 5.65. The summed E-state index contributed by atoms with van der Waals surface area (Å²) in [4.78, 5) is 0.268. The predicted octanol–water partition coefficient (Wildman–Crippen LogP) is 1.69. The highest BCUT2D eigenvalue weighted by Gasteiger charge is 2.19. The lowest BCUT2D eigenvalue weighted by molar-refractivity contribution is 0.185. The number of sulfonamides is 1. The molecule has 0 aliphatic carbocycles. The van der Waals surface area contributed by atoms with Gasteiger partial charge in [0.25, 0.3) is 0 Å². The van der Waals surface area contributed by atoms with E-state index in [0.29, 0.717) is 19.0 Å². The summed E-state index contributed by atoms with van der Waals surface area (Å²) in [5.41, 5.74) is 0.894. The second-order valence-corrected chi connectivity index (χ2v) is 5.91. The Kier molecular flexibility index (Phi) is 5.39. The van der Waals surface area contributed by atoms with Gasteiger partial charge in [-0.3, -0.25) is 0 Å². The summed E-state index contributed by atoms with van der Waals surface area (Å²) in [7, 11) is -0.357. The second-order valence-electron chi connectivity index (χ2n) is 3.60. The lowest BCUT2D eigenvalue weighted by Crippen LogP contribution is -2.30. The summed E-state index contributed by atoms with van der Waals surface area (Å²) in [6, 6.07) is 6.56. The molecule has 0 aromatic heterocycles. The highest BCUT2D eigenvalue weighted by Crippen LogP contribution is 2.15. The van der Waals surface area contributed by atoms with Crippen LogP contribution >= 0.6 is 11.6 Å². The lowest BCUT2D eigenvalue weighted by Gasteiger charge is -2.16. The minimum Gasteiger partial charge on any atom is -0.383 e. The molecule has 1 aromatic rings. The SMILES string of the molecule is COCCN(C)S(=O)(=O)c1ccc(CCl)cc1. The van der Waals surface area contributed by atoms with Gasteiger partial charge in [0.15, 0.2) is 0 Å². The Bertz CT molecular complexity index is 444. The van der Waals surface area contributed by atoms with Gasteiger partial charge in [0.2, 0.25) is 10.0 Å². The largest absolute Gasteiger partial charge is 0.383 e. The molecule has 0 radical (unpaired) electrons. The molecule has 4 nitrogen and oxygen atoms in total. The van der Waals surface area contributed by atoms with Crippen molar-refractivity contribution in [1.29, 1.82) is 0 Å². The van der Waals surface area contributed by atoms with E-state index in [1.807, 2.05) is 0 Å². The number of methoxy groups -OCH3 is 1. The first-order valence-corrected chi connectivity index (χ1v) is 7.10. The smallest absolute Gasteiger partial charge is 0.242 e. The van der Waals surface area contributed by atoms with Gasteiger partial charge < -0.3 is 4.74 Å². The summed E-state index contributed by atoms with van der Waals surface area (Å²) in [6.45, 7) is 0.700. The van der Waals surface area contributed by atoms with Gasteiger partial charge in [0.05, 0.1) is 11.5 Å². The zero-order valence-electron chi connectivity index (χ0n) is 9.89. The van der Waals surface area contributed by atoms with E-state index in [4.69, 9.17) is 16.3 Å². The Hall–Kier alpha value is -0.620. The molecule has 0 unspecified atom stereocenters. The van der Waals surface area contributed by atoms with Crippen molar-refractivity contribution in [3.63, 3.8) is 0 Å². The maximum Gasteiger partial charge on any atom is 0.242 e. The van der Waals surface area contributed by atoms with Crippen molar-refractivity contribution in [2.45, 2.75) is 10.8 Å². The third kappa shape index (κ3) is 3.67. The van der Waals surface area contributed by atoms with Crippen molar-refractivity contribution >= 4 is 21.6 Å². The van der Waals surface area contributed by atoms with Gasteiger partial charge in [0.1, 0.15) is 0 Å². The molecule has 6 heteroatoms. The zero-order valence-corrected chi connectivity index (χ0v) is 11.5. The summed E-state index contributed by atoms with van der Waals surface area (Å²) in [5, 5.41) is 0. The molecule has 0 spiro atoms. The fourth-order valence-corrected chi connectivity index (χ4v) is 2.60. The molecule has 0 heterocycles. The van der Waals surface area contributed by atoms with Crippen molar-refractivity contribution in [3.05, 3.63) is 29.8 Å². The number of benzene rings is 1. The van der Waals surface area contributed by atoms with Crippen LogP contribution in [0.25, 0.3) is 0 Å². The van der Waals surface area contributed by atoms with Gasteiger partial charge in [-0.25, -0.2) is 8.42 Å². The van der Waals surface area contributed by atoms with Gasteiger partial charge in [0, 0.05) is 26.6 Å². The van der Waals surface area contributed by atoms with Gasteiger partial charge in [-0.15, -0.1) is 11.6 Å². The topological polar surface area (TPSA) is 46.6 Å². The number of nitrogens with zero attached hydrogens (tertiary/aromatic N) is 1. The summed E-state index contributed by atoms with van der Waals surface area (Å²) in [6.07, 6.45) is 0. The molecule has 1 aromatic carbocycles. The minimum atomic E-state index is -3.43. The standard InChI is InChI=1S/C11H16ClNO3S/c1-13(7-8-16-2)17(14,15)11-5-3-10(9-12)4-6-11/h3-6H,7-9H2,1-2H3. The summed E-state index contributed by atoms with van der Waals surface area (Å²) < 4.78 is 30.3. The molecule has 0 N–H and O–H groups in total. The molecule has 0 atom stereocenters. The normalized spacial score (nSPS) is 12.0. The first-order valence-electron chi connectivity index (χ1n) is 5.12. The third-order valence-electron chi connectivity index (χ3n) is 2.40. The van der Waals surface area contributed by atoms with E-state index >= 15 is 0 Å². The molecule has 0 saturated carbocycles. The highest BCUT2D eigenvalue weighted by molar-refractivity contribution is 7.89. The molecule has 0 bridgehead atoms. The van der Waals surface area contributed by atoms with E-state index in [1.54, 1.807) is 24.3 Å². The van der Waals surface area contributed by atoms with Gasteiger partial charge >= 0.3 is 0 Å². The van der Waals surface area contributed by atoms with Crippen molar-refractivity contribution in [3.8, 4) is 0 Å². The van der Waals surface area contributed by atoms with E-state index in [1.165, 1.54) is 18.5 Å². The molecule has 96 valence electrons. The Balaban J connectivity index is 2.88. The van der Waals surface area contributed by atoms with Crippen LogP contribution in [-0.2, 0) is 20.6 Å². The number of rotatable bonds is 6. The van der Waals surface area contributed by atoms with Crippen molar-refractivity contribution in [2.75, 3.05) is 27.3 Å². The number of hydrogen-bond acceptors (Lipinski definition) is 3. The Morgan fingerprint density at radius 3 is 2.35 bits per heavy atom. The Morgan fingerprint density at radius 2 is 1.88 bits per heavy atom. The fourth-order valence-electron chi connectivity index (χ4n) is 1.27.